The van der Waals surface area contributed by atoms with Gasteiger partial charge in [-0.25, -0.2) is 0 Å². The van der Waals surface area contributed by atoms with Gasteiger partial charge in [-0.15, -0.1) is 0 Å². The largest absolute Gasteiger partial charge is 0.485 e. The van der Waals surface area contributed by atoms with Gasteiger partial charge in [-0.1, -0.05) is 24.3 Å². The molecule has 0 radical (unpaired) electrons. The van der Waals surface area contributed by atoms with Gasteiger partial charge in [-0.2, -0.15) is 0 Å². The molecule has 0 bridgehead atoms. The molecule has 0 saturated carbocycles. The highest BCUT2D eigenvalue weighted by Crippen LogP contribution is 2.30. The van der Waals surface area contributed by atoms with E-state index in [9.17, 15) is 14.4 Å². The van der Waals surface area contributed by atoms with Crippen molar-refractivity contribution in [3.8, 4) is 11.5 Å². The SMILES string of the molecule is O=C(COC(=O)[C@@H]1CC=CCC1)NNC(=O)[C@@H]1COc2ccccc2O1. The summed E-state index contributed by atoms with van der Waals surface area (Å²) in [6, 6.07) is 6.99. The zero-order valence-corrected chi connectivity index (χ0v) is 14.1. The molecule has 8 heteroatoms. The van der Waals surface area contributed by atoms with Gasteiger partial charge in [0.15, 0.2) is 18.1 Å². The van der Waals surface area contributed by atoms with Crippen LogP contribution in [0.3, 0.4) is 0 Å². The molecule has 0 spiro atoms. The van der Waals surface area contributed by atoms with E-state index in [1.54, 1.807) is 24.3 Å². The van der Waals surface area contributed by atoms with E-state index in [-0.39, 0.29) is 12.5 Å². The smallest absolute Gasteiger partial charge is 0.309 e. The van der Waals surface area contributed by atoms with Crippen LogP contribution in [0.15, 0.2) is 36.4 Å². The number of rotatable bonds is 4. The van der Waals surface area contributed by atoms with Crippen molar-refractivity contribution in [2.45, 2.75) is 25.4 Å². The van der Waals surface area contributed by atoms with Crippen molar-refractivity contribution in [2.75, 3.05) is 13.2 Å². The van der Waals surface area contributed by atoms with E-state index in [1.807, 2.05) is 12.2 Å². The number of carbonyl (C=O) groups is 3. The molecular formula is C18H20N2O6. The van der Waals surface area contributed by atoms with Crippen LogP contribution in [0, 0.1) is 5.92 Å². The molecule has 0 aromatic heterocycles. The van der Waals surface area contributed by atoms with Crippen LogP contribution in [0.4, 0.5) is 0 Å². The lowest BCUT2D eigenvalue weighted by atomic mass is 9.95. The van der Waals surface area contributed by atoms with Crippen LogP contribution >= 0.6 is 0 Å². The molecule has 2 N–H and O–H groups in total. The van der Waals surface area contributed by atoms with Crippen molar-refractivity contribution in [3.63, 3.8) is 0 Å². The first kappa shape index (κ1) is 17.8. The summed E-state index contributed by atoms with van der Waals surface area (Å²) in [5, 5.41) is 0. The second kappa shape index (κ2) is 8.37. The maximum atomic E-state index is 12.1. The van der Waals surface area contributed by atoms with E-state index in [2.05, 4.69) is 10.9 Å². The summed E-state index contributed by atoms with van der Waals surface area (Å²) in [4.78, 5) is 35.6. The summed E-state index contributed by atoms with van der Waals surface area (Å²) < 4.78 is 15.9. The van der Waals surface area contributed by atoms with Crippen LogP contribution in [0.1, 0.15) is 19.3 Å². The second-order valence-corrected chi connectivity index (χ2v) is 5.99. The van der Waals surface area contributed by atoms with Gasteiger partial charge in [0.05, 0.1) is 5.92 Å². The van der Waals surface area contributed by atoms with E-state index in [0.717, 1.165) is 6.42 Å². The fourth-order valence-corrected chi connectivity index (χ4v) is 2.66. The molecule has 0 saturated heterocycles. The monoisotopic (exact) mass is 360 g/mol. The number of benzene rings is 1. The van der Waals surface area contributed by atoms with E-state index < -0.39 is 30.5 Å². The van der Waals surface area contributed by atoms with Crippen LogP contribution in [0.2, 0.25) is 0 Å². The van der Waals surface area contributed by atoms with E-state index in [4.69, 9.17) is 14.2 Å². The molecule has 1 aliphatic carbocycles. The number of para-hydroxylation sites is 2. The summed E-state index contributed by atoms with van der Waals surface area (Å²) in [6.45, 7) is -0.424. The zero-order valence-electron chi connectivity index (χ0n) is 14.1. The van der Waals surface area contributed by atoms with Crippen molar-refractivity contribution < 1.29 is 28.6 Å². The fraction of sp³-hybridized carbons (Fsp3) is 0.389. The highest BCUT2D eigenvalue weighted by molar-refractivity contribution is 5.86. The number of esters is 1. The first-order chi connectivity index (χ1) is 12.6. The Hall–Kier alpha value is -3.03. The summed E-state index contributed by atoms with van der Waals surface area (Å²) in [7, 11) is 0. The number of ether oxygens (including phenoxy) is 3. The van der Waals surface area contributed by atoms with Gasteiger partial charge >= 0.3 is 5.97 Å². The maximum Gasteiger partial charge on any atom is 0.309 e. The molecule has 2 amide bonds. The third kappa shape index (κ3) is 4.53. The minimum absolute atomic E-state index is 0.0307. The third-order valence-electron chi connectivity index (χ3n) is 4.07. The Bertz CT molecular complexity index is 717. The van der Waals surface area contributed by atoms with Gasteiger partial charge in [0.2, 0.25) is 6.10 Å². The topological polar surface area (TPSA) is 103 Å². The highest BCUT2D eigenvalue weighted by Gasteiger charge is 2.27. The molecule has 138 valence electrons. The summed E-state index contributed by atoms with van der Waals surface area (Å²) in [5.74, 6) is -0.788. The Labute approximate surface area is 150 Å². The average molecular weight is 360 g/mol. The van der Waals surface area contributed by atoms with E-state index in [1.165, 1.54) is 0 Å². The third-order valence-corrected chi connectivity index (χ3v) is 4.07. The number of hydrogen-bond acceptors (Lipinski definition) is 6. The lowest BCUT2D eigenvalue weighted by Crippen LogP contribution is -2.51. The molecule has 1 heterocycles. The highest BCUT2D eigenvalue weighted by atomic mass is 16.6. The quantitative estimate of drug-likeness (QED) is 0.469. The minimum atomic E-state index is -0.887. The Morgan fingerprint density at radius 3 is 2.69 bits per heavy atom. The lowest BCUT2D eigenvalue weighted by molar-refractivity contribution is -0.153. The summed E-state index contributed by atoms with van der Waals surface area (Å²) >= 11 is 0. The van der Waals surface area contributed by atoms with E-state index >= 15 is 0 Å². The van der Waals surface area contributed by atoms with Crippen LogP contribution < -0.4 is 20.3 Å². The van der Waals surface area contributed by atoms with Crippen LogP contribution in [0.25, 0.3) is 0 Å². The number of allylic oxidation sites excluding steroid dienone is 2. The van der Waals surface area contributed by atoms with Gasteiger partial charge in [0.25, 0.3) is 11.8 Å². The normalized spacial score (nSPS) is 20.8. The number of fused-ring (bicyclic) bond motifs is 1. The Kier molecular flexibility index (Phi) is 5.73. The molecule has 26 heavy (non-hydrogen) atoms. The zero-order chi connectivity index (χ0) is 18.4. The molecule has 2 aliphatic rings. The molecule has 3 rings (SSSR count). The number of amides is 2. The van der Waals surface area contributed by atoms with Crippen LogP contribution in [-0.4, -0.2) is 37.1 Å². The van der Waals surface area contributed by atoms with Crippen molar-refractivity contribution >= 4 is 17.8 Å². The predicted octanol–water partition coefficient (Wildman–Crippen LogP) is 0.873. The van der Waals surface area contributed by atoms with Gasteiger partial charge in [-0.05, 0) is 31.4 Å². The molecule has 2 atom stereocenters. The van der Waals surface area contributed by atoms with Gasteiger partial charge in [0.1, 0.15) is 6.61 Å². The predicted molar refractivity (Wildman–Crippen MR) is 90.1 cm³/mol. The van der Waals surface area contributed by atoms with Crippen molar-refractivity contribution in [1.29, 1.82) is 0 Å². The molecule has 0 unspecified atom stereocenters. The van der Waals surface area contributed by atoms with Crippen LogP contribution in [0.5, 0.6) is 11.5 Å². The van der Waals surface area contributed by atoms with Gasteiger partial charge in [-0.3, -0.25) is 25.2 Å². The summed E-state index contributed by atoms with van der Waals surface area (Å²) in [5.41, 5.74) is 4.44. The maximum absolute atomic E-state index is 12.1. The Balaban J connectivity index is 1.38. The number of hydrazine groups is 1. The summed E-state index contributed by atoms with van der Waals surface area (Å²) in [6.07, 6.45) is 5.23. The molecule has 8 nitrogen and oxygen atoms in total. The first-order valence-corrected chi connectivity index (χ1v) is 8.42. The minimum Gasteiger partial charge on any atom is -0.485 e. The standard InChI is InChI=1S/C18H20N2O6/c21-16(11-25-18(23)12-6-2-1-3-7-12)19-20-17(22)15-10-24-13-8-4-5-9-14(13)26-15/h1-2,4-5,8-9,12,15H,3,6-7,10-11H2,(H,19,21)(H,20,22)/t12-,15+/m1/s1. The molecule has 1 aromatic rings. The molecule has 1 aliphatic heterocycles. The molecular weight excluding hydrogens is 340 g/mol. The van der Waals surface area contributed by atoms with Gasteiger partial charge < -0.3 is 14.2 Å². The average Bonchev–Trinajstić information content (AvgIpc) is 2.70. The van der Waals surface area contributed by atoms with E-state index in [0.29, 0.717) is 24.3 Å². The Morgan fingerprint density at radius 1 is 1.12 bits per heavy atom. The van der Waals surface area contributed by atoms with Crippen molar-refractivity contribution in [2.24, 2.45) is 5.92 Å². The van der Waals surface area contributed by atoms with Crippen molar-refractivity contribution in [1.82, 2.24) is 10.9 Å². The lowest BCUT2D eigenvalue weighted by Gasteiger charge is -2.25. The second-order valence-electron chi connectivity index (χ2n) is 5.99. The Morgan fingerprint density at radius 2 is 1.92 bits per heavy atom. The number of nitrogens with one attached hydrogen (secondary N) is 2. The first-order valence-electron chi connectivity index (χ1n) is 8.42. The number of hydrogen-bond donors (Lipinski definition) is 2. The molecule has 1 aromatic carbocycles. The molecule has 0 fully saturated rings. The van der Waals surface area contributed by atoms with Gasteiger partial charge in [0, 0.05) is 0 Å². The number of carbonyl (C=O) groups excluding carboxylic acids is 3. The van der Waals surface area contributed by atoms with Crippen LogP contribution in [-0.2, 0) is 19.1 Å². The van der Waals surface area contributed by atoms with Crippen molar-refractivity contribution in [3.05, 3.63) is 36.4 Å². The fourth-order valence-electron chi connectivity index (χ4n) is 2.66.